The Morgan fingerprint density at radius 1 is 1.45 bits per heavy atom. The van der Waals surface area contributed by atoms with E-state index in [1.54, 1.807) is 19.3 Å². The molecule has 31 heavy (non-hydrogen) atoms. The number of aldehydes is 1. The molecule has 3 heterocycles. The molecular weight excluding hydrogens is 402 g/mol. The second-order valence-electron chi connectivity index (χ2n) is 7.02. The van der Waals surface area contributed by atoms with Crippen molar-refractivity contribution in [2.45, 2.75) is 32.5 Å². The van der Waals surface area contributed by atoms with Gasteiger partial charge >= 0.3 is 6.03 Å². The van der Waals surface area contributed by atoms with Crippen LogP contribution in [0.15, 0.2) is 18.8 Å². The van der Waals surface area contributed by atoms with Crippen molar-refractivity contribution in [3.8, 4) is 5.88 Å². The minimum atomic E-state index is -0.482. The first-order chi connectivity index (χ1) is 15.0. The largest absolute Gasteiger partial charge is 0.472 e. The average Bonchev–Trinajstić information content (AvgIpc) is 2.77. The van der Waals surface area contributed by atoms with E-state index >= 15 is 0 Å². The van der Waals surface area contributed by atoms with Crippen molar-refractivity contribution < 1.29 is 24.2 Å². The Hall–Kier alpha value is -3.37. The van der Waals surface area contributed by atoms with Gasteiger partial charge in [0, 0.05) is 25.4 Å². The first-order valence-electron chi connectivity index (χ1n) is 9.83. The molecule has 0 saturated heterocycles. The van der Waals surface area contributed by atoms with Crippen LogP contribution in [0.3, 0.4) is 0 Å². The Morgan fingerprint density at radius 2 is 2.26 bits per heavy atom. The fourth-order valence-corrected chi connectivity index (χ4v) is 3.28. The van der Waals surface area contributed by atoms with Crippen LogP contribution in [-0.4, -0.2) is 58.7 Å². The standard InChI is InChI=1S/C21H25N5O5/c1-4-14-9-22-20(24-19(14)31-13(2)12-30-3)25-21(29)26-7-5-6-15-8-16(10-27)17(11-28)23-18(15)26/h4,8-9,11,13,27H,1,5-7,10,12H2,2-3H3,(H,22,24,25,29)/t13-/m0/s1. The van der Waals surface area contributed by atoms with Gasteiger partial charge in [0.25, 0.3) is 0 Å². The number of hydrogen-bond donors (Lipinski definition) is 2. The number of hydrogen-bond acceptors (Lipinski definition) is 8. The zero-order chi connectivity index (χ0) is 22.4. The monoisotopic (exact) mass is 427 g/mol. The molecule has 1 aliphatic heterocycles. The van der Waals surface area contributed by atoms with Crippen molar-refractivity contribution in [3.63, 3.8) is 0 Å². The summed E-state index contributed by atoms with van der Waals surface area (Å²) in [7, 11) is 1.57. The van der Waals surface area contributed by atoms with Crippen LogP contribution in [0.4, 0.5) is 16.6 Å². The quantitative estimate of drug-likeness (QED) is 0.614. The Morgan fingerprint density at radius 3 is 2.94 bits per heavy atom. The van der Waals surface area contributed by atoms with Crippen LogP contribution in [0.25, 0.3) is 6.08 Å². The summed E-state index contributed by atoms with van der Waals surface area (Å²) in [5, 5.41) is 12.1. The maximum atomic E-state index is 13.0. The second-order valence-corrected chi connectivity index (χ2v) is 7.02. The molecule has 0 aromatic carbocycles. The number of aromatic nitrogens is 3. The van der Waals surface area contributed by atoms with Crippen molar-refractivity contribution in [2.24, 2.45) is 0 Å². The van der Waals surface area contributed by atoms with E-state index in [1.807, 2.05) is 6.92 Å². The van der Waals surface area contributed by atoms with Crippen molar-refractivity contribution >= 4 is 30.2 Å². The number of aliphatic hydroxyl groups is 1. The molecule has 0 unspecified atom stereocenters. The van der Waals surface area contributed by atoms with Gasteiger partial charge in [-0.3, -0.25) is 15.0 Å². The van der Waals surface area contributed by atoms with E-state index in [0.29, 0.717) is 49.2 Å². The van der Waals surface area contributed by atoms with E-state index in [9.17, 15) is 14.7 Å². The number of amides is 2. The van der Waals surface area contributed by atoms with Gasteiger partial charge in [-0.1, -0.05) is 12.7 Å². The number of carbonyl (C=O) groups is 2. The van der Waals surface area contributed by atoms with Gasteiger partial charge in [-0.25, -0.2) is 14.8 Å². The molecule has 1 atom stereocenters. The summed E-state index contributed by atoms with van der Waals surface area (Å²) in [6.07, 6.45) is 4.78. The Bertz CT molecular complexity index is 981. The molecule has 3 rings (SSSR count). The van der Waals surface area contributed by atoms with E-state index in [0.717, 1.165) is 5.56 Å². The maximum Gasteiger partial charge on any atom is 0.329 e. The van der Waals surface area contributed by atoms with Crippen LogP contribution < -0.4 is 15.0 Å². The molecule has 0 aliphatic carbocycles. The number of urea groups is 1. The number of anilines is 2. The molecule has 0 bridgehead atoms. The number of rotatable bonds is 8. The highest BCUT2D eigenvalue weighted by Gasteiger charge is 2.26. The molecule has 164 valence electrons. The van der Waals surface area contributed by atoms with Crippen LogP contribution in [0, 0.1) is 0 Å². The second kappa shape index (κ2) is 10.1. The maximum absolute atomic E-state index is 13.0. The summed E-state index contributed by atoms with van der Waals surface area (Å²) in [6, 6.07) is 1.23. The number of methoxy groups -OCH3 is 1. The van der Waals surface area contributed by atoms with E-state index in [1.165, 1.54) is 11.1 Å². The summed E-state index contributed by atoms with van der Waals surface area (Å²) >= 11 is 0. The van der Waals surface area contributed by atoms with Crippen LogP contribution in [0.2, 0.25) is 0 Å². The summed E-state index contributed by atoms with van der Waals surface area (Å²) in [5.74, 6) is 0.721. The first-order valence-corrected chi connectivity index (χ1v) is 9.83. The molecule has 2 N–H and O–H groups in total. The fraction of sp³-hybridized carbons (Fsp3) is 0.381. The lowest BCUT2D eigenvalue weighted by molar-refractivity contribution is 0.0888. The number of ether oxygens (including phenoxy) is 2. The van der Waals surface area contributed by atoms with Gasteiger partial charge in [-0.2, -0.15) is 4.98 Å². The van der Waals surface area contributed by atoms with Crippen molar-refractivity contribution in [1.29, 1.82) is 0 Å². The molecule has 10 heteroatoms. The molecule has 1 aliphatic rings. The minimum absolute atomic E-state index is 0.0601. The summed E-state index contributed by atoms with van der Waals surface area (Å²) in [5.41, 5.74) is 1.91. The third-order valence-corrected chi connectivity index (χ3v) is 4.73. The number of pyridine rings is 1. The Balaban J connectivity index is 1.84. The lowest BCUT2D eigenvalue weighted by Gasteiger charge is -2.28. The predicted octanol–water partition coefficient (Wildman–Crippen LogP) is 2.22. The van der Waals surface area contributed by atoms with Crippen molar-refractivity contribution in [3.05, 3.63) is 41.2 Å². The van der Waals surface area contributed by atoms with Crippen LogP contribution >= 0.6 is 0 Å². The number of nitrogens with zero attached hydrogens (tertiary/aromatic N) is 4. The molecule has 0 radical (unpaired) electrons. The minimum Gasteiger partial charge on any atom is -0.472 e. The molecule has 0 saturated carbocycles. The van der Waals surface area contributed by atoms with Crippen molar-refractivity contribution in [2.75, 3.05) is 30.5 Å². The van der Waals surface area contributed by atoms with Gasteiger partial charge in [0.2, 0.25) is 11.8 Å². The highest BCUT2D eigenvalue weighted by atomic mass is 16.5. The summed E-state index contributed by atoms with van der Waals surface area (Å²) < 4.78 is 10.8. The van der Waals surface area contributed by atoms with Gasteiger partial charge < -0.3 is 14.6 Å². The first kappa shape index (κ1) is 22.3. The molecule has 0 fully saturated rings. The smallest absolute Gasteiger partial charge is 0.329 e. The average molecular weight is 427 g/mol. The predicted molar refractivity (Wildman–Crippen MR) is 114 cm³/mol. The van der Waals surface area contributed by atoms with Crippen LogP contribution in [0.1, 0.15) is 40.5 Å². The molecule has 2 aromatic rings. The zero-order valence-corrected chi connectivity index (χ0v) is 17.5. The van der Waals surface area contributed by atoms with Gasteiger partial charge in [0.15, 0.2) is 6.29 Å². The highest BCUT2D eigenvalue weighted by Crippen LogP contribution is 2.28. The topological polar surface area (TPSA) is 127 Å². The summed E-state index contributed by atoms with van der Waals surface area (Å²) in [6.45, 7) is 6.04. The van der Waals surface area contributed by atoms with Gasteiger partial charge in [0.1, 0.15) is 17.6 Å². The fourth-order valence-electron chi connectivity index (χ4n) is 3.28. The molecule has 10 nitrogen and oxygen atoms in total. The Labute approximate surface area is 179 Å². The zero-order valence-electron chi connectivity index (χ0n) is 17.5. The Kier molecular flexibility index (Phi) is 7.27. The van der Waals surface area contributed by atoms with E-state index in [4.69, 9.17) is 9.47 Å². The molecule has 2 aromatic heterocycles. The van der Waals surface area contributed by atoms with Crippen LogP contribution in [0.5, 0.6) is 5.88 Å². The summed E-state index contributed by atoms with van der Waals surface area (Å²) in [4.78, 5) is 38.5. The molecule has 0 spiro atoms. The van der Waals surface area contributed by atoms with E-state index in [2.05, 4.69) is 26.8 Å². The van der Waals surface area contributed by atoms with Crippen LogP contribution in [-0.2, 0) is 17.8 Å². The van der Waals surface area contributed by atoms with E-state index in [-0.39, 0.29) is 30.2 Å². The lowest BCUT2D eigenvalue weighted by Crippen LogP contribution is -2.40. The van der Waals surface area contributed by atoms with E-state index < -0.39 is 6.03 Å². The number of nitrogens with one attached hydrogen (secondary N) is 1. The number of aryl methyl sites for hydroxylation is 1. The number of fused-ring (bicyclic) bond motifs is 1. The van der Waals surface area contributed by atoms with Gasteiger partial charge in [-0.05, 0) is 31.4 Å². The van der Waals surface area contributed by atoms with Gasteiger partial charge in [-0.15, -0.1) is 0 Å². The lowest BCUT2D eigenvalue weighted by atomic mass is 10.0. The van der Waals surface area contributed by atoms with Crippen molar-refractivity contribution in [1.82, 2.24) is 15.0 Å². The number of carbonyl (C=O) groups excluding carboxylic acids is 2. The number of aliphatic hydroxyl groups excluding tert-OH is 1. The molecule has 2 amide bonds. The third kappa shape index (κ3) is 5.04. The third-order valence-electron chi connectivity index (χ3n) is 4.73. The normalized spacial score (nSPS) is 13.8. The SMILES string of the molecule is C=Cc1cnc(NC(=O)N2CCCc3cc(CO)c(C=O)nc32)nc1O[C@@H](C)COC. The van der Waals surface area contributed by atoms with Gasteiger partial charge in [0.05, 0.1) is 18.8 Å². The highest BCUT2D eigenvalue weighted by molar-refractivity contribution is 6.01. The molecular formula is C21H25N5O5.